The molecule has 0 aliphatic rings. The molecule has 0 atom stereocenters. The van der Waals surface area contributed by atoms with E-state index in [0.717, 1.165) is 44.8 Å². The highest BCUT2D eigenvalue weighted by molar-refractivity contribution is 7.22. The van der Waals surface area contributed by atoms with E-state index in [-0.39, 0.29) is 0 Å². The molecule has 2 heterocycles. The molecule has 87 heavy (non-hydrogen) atoms. The molecule has 0 spiro atoms. The van der Waals surface area contributed by atoms with Gasteiger partial charge in [0.05, 0.1) is 16.7 Å². The first-order chi connectivity index (χ1) is 43.1. The number of aromatic nitrogens is 3. The van der Waals surface area contributed by atoms with Crippen LogP contribution in [0.4, 0.5) is 0 Å². The molecule has 0 fully saturated rings. The molecule has 15 rings (SSSR count). The average molecular weight is 1140 g/mol. The Kier molecular flexibility index (Phi) is 14.0. The number of nitrogens with zero attached hydrogens (tertiary/aromatic N) is 3. The van der Waals surface area contributed by atoms with Crippen molar-refractivity contribution in [3.8, 4) is 61.8 Å². The highest BCUT2D eigenvalue weighted by Crippen LogP contribution is 2.35. The summed E-state index contributed by atoms with van der Waals surface area (Å²) in [5, 5.41) is 12.5. The molecule has 0 amide bonds. The molecule has 0 saturated heterocycles. The molecular weight excluding hydrogens is 1080 g/mol. The zero-order chi connectivity index (χ0) is 58.0. The van der Waals surface area contributed by atoms with Gasteiger partial charge in [-0.3, -0.25) is 4.57 Å². The highest BCUT2D eigenvalue weighted by Gasteiger charge is 2.46. The minimum atomic E-state index is -3.41. The summed E-state index contributed by atoms with van der Waals surface area (Å²) in [5.74, 6) is 1.43. The topological polar surface area (TPSA) is 30.7 Å². The predicted octanol–water partition coefficient (Wildman–Crippen LogP) is 14.7. The Morgan fingerprint density at radius 3 is 0.931 bits per heavy atom. The molecule has 0 N–H and O–H groups in total. The Balaban J connectivity index is 1.11. The summed E-state index contributed by atoms with van der Waals surface area (Å²) in [4.78, 5) is 11.8. The van der Waals surface area contributed by atoms with Gasteiger partial charge in [0.25, 0.3) is 0 Å². The van der Waals surface area contributed by atoms with E-state index in [9.17, 15) is 0 Å². The first-order valence-electron chi connectivity index (χ1n) is 29.9. The quantitative estimate of drug-likeness (QED) is 0.0802. The van der Waals surface area contributed by atoms with Crippen molar-refractivity contribution in [3.63, 3.8) is 0 Å². The molecule has 0 unspecified atom stereocenters. The number of benzene rings is 13. The third kappa shape index (κ3) is 9.56. The van der Waals surface area contributed by atoms with Gasteiger partial charge in [-0.05, 0) is 93.1 Å². The fourth-order valence-corrected chi connectivity index (χ4v) is 23.4. The van der Waals surface area contributed by atoms with Crippen LogP contribution in [0.5, 0.6) is 0 Å². The lowest BCUT2D eigenvalue weighted by Crippen LogP contribution is -2.78. The predicted molar refractivity (Wildman–Crippen MR) is 371 cm³/mol. The van der Waals surface area contributed by atoms with Gasteiger partial charge in [-0.2, -0.15) is 0 Å². The van der Waals surface area contributed by atoms with E-state index < -0.39 is 16.1 Å². The number of fused-ring (bicyclic) bond motifs is 3. The molecule has 0 aliphatic heterocycles. The number of para-hydroxylation sites is 2. The Morgan fingerprint density at radius 1 is 0.207 bits per heavy atom. The minimum absolute atomic E-state index is 0.640. The smallest absolute Gasteiger partial charge is 0.179 e. The Bertz CT molecular complexity index is 4580. The Morgan fingerprint density at radius 2 is 0.517 bits per heavy atom. The molecular formula is C82H59N3Si2. The summed E-state index contributed by atoms with van der Waals surface area (Å²) in [6.45, 7) is 0. The SMILES string of the molecule is c1ccc(-c2cccc(-c3cc(-n4c5ccccc5c5ccccc54)nc(-c4cc([Si](c5ccccc5)(c5ccccc5)c5cccc(-c6ccccc6)c5)cc([Si](c5ccccc5)(c5ccccc5)c5cccc(-c6ccccc6)c5)c4)n3)c2)cc1. The second-order valence-electron chi connectivity index (χ2n) is 22.4. The van der Waals surface area contributed by atoms with Gasteiger partial charge in [-0.15, -0.1) is 0 Å². The summed E-state index contributed by atoms with van der Waals surface area (Å²) in [6, 6.07) is 133. The standard InChI is InChI=1S/C82H59N3Si2/c1-8-29-60(30-9-1)63-35-26-38-66(53-63)78-59-81(85-79-51-24-22-49-76(79)77-50-23-25-52-80(77)85)84-82(83-78)67-56-74(86(68-39-14-4-15-40-68,69-41-16-5-17-42-69)72-47-27-36-64(54-72)61-31-10-2-11-32-61)58-75(57-67)87(70-43-18-6-19-44-70,71-45-20-7-21-46-71)73-48-28-37-65(55-73)62-33-12-3-13-34-62/h1-59H. The van der Waals surface area contributed by atoms with Crippen LogP contribution >= 0.6 is 0 Å². The van der Waals surface area contributed by atoms with Gasteiger partial charge in [0.2, 0.25) is 0 Å². The van der Waals surface area contributed by atoms with Gasteiger partial charge >= 0.3 is 0 Å². The Hall–Kier alpha value is -10.8. The van der Waals surface area contributed by atoms with Crippen LogP contribution in [0, 0.1) is 0 Å². The second kappa shape index (κ2) is 23.0. The fourth-order valence-electron chi connectivity index (χ4n) is 13.6. The summed E-state index contributed by atoms with van der Waals surface area (Å²) in [5.41, 5.74) is 11.9. The number of hydrogen-bond acceptors (Lipinski definition) is 2. The highest BCUT2D eigenvalue weighted by atomic mass is 28.3. The lowest BCUT2D eigenvalue weighted by Gasteiger charge is -2.38. The van der Waals surface area contributed by atoms with Crippen molar-refractivity contribution in [2.45, 2.75) is 0 Å². The summed E-state index contributed by atoms with van der Waals surface area (Å²) >= 11 is 0. The van der Waals surface area contributed by atoms with Gasteiger partial charge in [-0.25, -0.2) is 9.97 Å². The van der Waals surface area contributed by atoms with Gasteiger partial charge < -0.3 is 0 Å². The van der Waals surface area contributed by atoms with Crippen LogP contribution in [0.2, 0.25) is 0 Å². The lowest BCUT2D eigenvalue weighted by molar-refractivity contribution is 1.05. The van der Waals surface area contributed by atoms with Crippen molar-refractivity contribution < 1.29 is 0 Å². The molecule has 0 saturated carbocycles. The molecule has 0 aliphatic carbocycles. The van der Waals surface area contributed by atoms with Crippen molar-refractivity contribution in [2.75, 3.05) is 0 Å². The van der Waals surface area contributed by atoms with Gasteiger partial charge in [-0.1, -0.05) is 334 Å². The van der Waals surface area contributed by atoms with E-state index in [1.54, 1.807) is 0 Å². The molecule has 2 aromatic heterocycles. The van der Waals surface area contributed by atoms with Crippen molar-refractivity contribution in [2.24, 2.45) is 0 Å². The third-order valence-corrected chi connectivity index (χ3v) is 26.9. The van der Waals surface area contributed by atoms with Gasteiger partial charge in [0.15, 0.2) is 22.0 Å². The van der Waals surface area contributed by atoms with Crippen LogP contribution < -0.4 is 41.5 Å². The first kappa shape index (κ1) is 52.9. The molecule has 13 aromatic carbocycles. The molecule has 0 radical (unpaired) electrons. The van der Waals surface area contributed by atoms with E-state index in [0.29, 0.717) is 5.82 Å². The van der Waals surface area contributed by atoms with Gasteiger partial charge in [0.1, 0.15) is 5.82 Å². The second-order valence-corrected chi connectivity index (χ2v) is 30.0. The molecule has 5 heteroatoms. The number of rotatable bonds is 14. The van der Waals surface area contributed by atoms with Crippen LogP contribution in [0.3, 0.4) is 0 Å². The van der Waals surface area contributed by atoms with E-state index in [1.165, 1.54) is 74.5 Å². The van der Waals surface area contributed by atoms with Crippen molar-refractivity contribution in [1.82, 2.24) is 14.5 Å². The van der Waals surface area contributed by atoms with Gasteiger partial charge in [0, 0.05) is 28.0 Å². The maximum atomic E-state index is 5.93. The van der Waals surface area contributed by atoms with E-state index >= 15 is 0 Å². The van der Waals surface area contributed by atoms with Crippen LogP contribution in [-0.2, 0) is 0 Å². The monoisotopic (exact) mass is 1140 g/mol. The molecule has 3 nitrogen and oxygen atoms in total. The summed E-state index contributed by atoms with van der Waals surface area (Å²) < 4.78 is 2.34. The number of hydrogen-bond donors (Lipinski definition) is 0. The lowest BCUT2D eigenvalue weighted by atomic mass is 10.0. The third-order valence-electron chi connectivity index (χ3n) is 17.5. The maximum absolute atomic E-state index is 5.93. The van der Waals surface area contributed by atoms with Crippen LogP contribution in [0.25, 0.3) is 83.6 Å². The maximum Gasteiger partial charge on any atom is 0.179 e. The normalized spacial score (nSPS) is 11.7. The summed E-state index contributed by atoms with van der Waals surface area (Å²) in [7, 11) is -6.81. The van der Waals surface area contributed by atoms with Crippen LogP contribution in [0.15, 0.2) is 358 Å². The molecule has 410 valence electrons. The van der Waals surface area contributed by atoms with Crippen molar-refractivity contribution >= 4 is 79.4 Å². The van der Waals surface area contributed by atoms with Crippen molar-refractivity contribution in [1.29, 1.82) is 0 Å². The minimum Gasteiger partial charge on any atom is -0.294 e. The van der Waals surface area contributed by atoms with Crippen LogP contribution in [-0.4, -0.2) is 30.7 Å². The zero-order valence-electron chi connectivity index (χ0n) is 47.9. The Labute approximate surface area is 510 Å². The van der Waals surface area contributed by atoms with Crippen LogP contribution in [0.1, 0.15) is 0 Å². The fraction of sp³-hybridized carbons (Fsp3) is 0. The van der Waals surface area contributed by atoms with E-state index in [2.05, 4.69) is 362 Å². The largest absolute Gasteiger partial charge is 0.294 e. The first-order valence-corrected chi connectivity index (χ1v) is 33.9. The summed E-state index contributed by atoms with van der Waals surface area (Å²) in [6.07, 6.45) is 0. The molecule has 0 bridgehead atoms. The van der Waals surface area contributed by atoms with E-state index in [1.807, 2.05) is 0 Å². The van der Waals surface area contributed by atoms with Crippen molar-refractivity contribution in [3.05, 3.63) is 358 Å². The van der Waals surface area contributed by atoms with E-state index in [4.69, 9.17) is 9.97 Å². The zero-order valence-corrected chi connectivity index (χ0v) is 49.9. The molecule has 15 aromatic rings. The average Bonchev–Trinajstić information content (AvgIpc) is 1.63.